The topological polar surface area (TPSA) is 128 Å². The molecule has 2 aromatic carbocycles. The van der Waals surface area contributed by atoms with Crippen LogP contribution in [-0.4, -0.2) is 27.6 Å². The third-order valence-corrected chi connectivity index (χ3v) is 4.61. The van der Waals surface area contributed by atoms with Crippen LogP contribution in [0.15, 0.2) is 53.1 Å². The number of aryl methyl sites for hydroxylation is 2. The van der Waals surface area contributed by atoms with Crippen LogP contribution in [0.2, 0.25) is 0 Å². The van der Waals surface area contributed by atoms with Crippen molar-refractivity contribution in [1.29, 1.82) is 0 Å². The number of nitro groups is 1. The molecule has 1 aromatic heterocycles. The zero-order valence-corrected chi connectivity index (χ0v) is 16.5. The van der Waals surface area contributed by atoms with E-state index in [0.29, 0.717) is 22.6 Å². The Kier molecular flexibility index (Phi) is 6.43. The molecule has 1 heterocycles. The van der Waals surface area contributed by atoms with Crippen molar-refractivity contribution >= 4 is 11.6 Å². The molecule has 1 unspecified atom stereocenters. The van der Waals surface area contributed by atoms with Gasteiger partial charge in [0.05, 0.1) is 22.3 Å². The molecule has 2 N–H and O–H groups in total. The molecule has 0 spiro atoms. The highest BCUT2D eigenvalue weighted by atomic mass is 16.6. The van der Waals surface area contributed by atoms with Crippen LogP contribution in [0.1, 0.15) is 39.0 Å². The fourth-order valence-electron chi connectivity index (χ4n) is 2.82. The summed E-state index contributed by atoms with van der Waals surface area (Å²) >= 11 is 0. The Morgan fingerprint density at radius 1 is 1.27 bits per heavy atom. The normalized spacial score (nSPS) is 11.7. The molecule has 0 radical (unpaired) electrons. The van der Waals surface area contributed by atoms with Crippen molar-refractivity contribution in [2.24, 2.45) is 0 Å². The van der Waals surface area contributed by atoms with Crippen LogP contribution in [0.4, 0.5) is 5.69 Å². The fraction of sp³-hybridized carbons (Fsp3) is 0.238. The highest BCUT2D eigenvalue weighted by molar-refractivity contribution is 5.94. The number of nitro benzene ring substituents is 1. The summed E-state index contributed by atoms with van der Waals surface area (Å²) in [7, 11) is 0. The number of hydrogen-bond acceptors (Lipinski definition) is 7. The second-order valence-electron chi connectivity index (χ2n) is 6.69. The van der Waals surface area contributed by atoms with E-state index in [1.165, 1.54) is 24.3 Å². The molecule has 0 saturated carbocycles. The Labute approximate surface area is 172 Å². The van der Waals surface area contributed by atoms with Gasteiger partial charge >= 0.3 is 0 Å². The molecule has 0 aliphatic carbocycles. The van der Waals surface area contributed by atoms with E-state index in [1.54, 1.807) is 31.2 Å². The minimum Gasteiger partial charge on any atom is -0.489 e. The first-order valence-electron chi connectivity index (χ1n) is 9.20. The number of nitrogens with one attached hydrogen (secondary N) is 1. The number of non-ortho nitro benzene ring substituents is 1. The fourth-order valence-corrected chi connectivity index (χ4v) is 2.82. The summed E-state index contributed by atoms with van der Waals surface area (Å²) in [5, 5.41) is 27.4. The first-order valence-corrected chi connectivity index (χ1v) is 9.20. The minimum atomic E-state index is -0.992. The van der Waals surface area contributed by atoms with Crippen molar-refractivity contribution in [3.8, 4) is 5.75 Å². The van der Waals surface area contributed by atoms with Crippen LogP contribution in [0.3, 0.4) is 0 Å². The maximum atomic E-state index is 12.4. The zero-order valence-electron chi connectivity index (χ0n) is 16.5. The van der Waals surface area contributed by atoms with Gasteiger partial charge in [-0.1, -0.05) is 11.2 Å². The standard InChI is InChI=1S/C21H21N3O6/c1-13-19(14(2)30-23-13)12-29-18-5-3-4-16(10-18)21(26)22-11-20(25)15-6-8-17(9-7-15)24(27)28/h3-10,20,25H,11-12H2,1-2H3,(H,22,26). The molecule has 9 nitrogen and oxygen atoms in total. The van der Waals surface area contributed by atoms with E-state index >= 15 is 0 Å². The Morgan fingerprint density at radius 2 is 2.00 bits per heavy atom. The van der Waals surface area contributed by atoms with Gasteiger partial charge in [0.25, 0.3) is 11.6 Å². The first kappa shape index (κ1) is 21.0. The van der Waals surface area contributed by atoms with Crippen LogP contribution in [0, 0.1) is 24.0 Å². The summed E-state index contributed by atoms with van der Waals surface area (Å²) < 4.78 is 10.8. The summed E-state index contributed by atoms with van der Waals surface area (Å²) in [6.45, 7) is 3.86. The molecule has 30 heavy (non-hydrogen) atoms. The number of aliphatic hydroxyl groups excluding tert-OH is 1. The molecule has 0 fully saturated rings. The molecular formula is C21H21N3O6. The summed E-state index contributed by atoms with van der Waals surface area (Å²) in [6, 6.07) is 12.2. The van der Waals surface area contributed by atoms with E-state index in [1.807, 2.05) is 6.92 Å². The van der Waals surface area contributed by atoms with Crippen molar-refractivity contribution in [2.75, 3.05) is 6.54 Å². The summed E-state index contributed by atoms with van der Waals surface area (Å²) in [5.41, 5.74) is 2.39. The van der Waals surface area contributed by atoms with Crippen LogP contribution in [0.5, 0.6) is 5.75 Å². The summed E-state index contributed by atoms with van der Waals surface area (Å²) in [6.07, 6.45) is -0.992. The Morgan fingerprint density at radius 3 is 2.63 bits per heavy atom. The molecule has 1 atom stereocenters. The maximum absolute atomic E-state index is 12.4. The smallest absolute Gasteiger partial charge is 0.269 e. The number of benzene rings is 2. The van der Waals surface area contributed by atoms with E-state index in [2.05, 4.69) is 10.5 Å². The SMILES string of the molecule is Cc1noc(C)c1COc1cccc(C(=O)NCC(O)c2ccc([N+](=O)[O-])cc2)c1. The van der Waals surface area contributed by atoms with Crippen LogP contribution < -0.4 is 10.1 Å². The average molecular weight is 411 g/mol. The molecule has 1 amide bonds. The minimum absolute atomic E-state index is 0.0409. The number of aromatic nitrogens is 1. The first-order chi connectivity index (χ1) is 14.3. The van der Waals surface area contributed by atoms with Crippen LogP contribution in [-0.2, 0) is 6.61 Å². The summed E-state index contributed by atoms with van der Waals surface area (Å²) in [5.74, 6) is 0.818. The third-order valence-electron chi connectivity index (χ3n) is 4.61. The zero-order chi connectivity index (χ0) is 21.7. The van der Waals surface area contributed by atoms with Crippen molar-refractivity contribution in [3.05, 3.63) is 86.8 Å². The number of carbonyl (C=O) groups is 1. The predicted molar refractivity (Wildman–Crippen MR) is 107 cm³/mol. The Bertz CT molecular complexity index is 1030. The van der Waals surface area contributed by atoms with Crippen molar-refractivity contribution in [1.82, 2.24) is 10.5 Å². The van der Waals surface area contributed by atoms with Crippen LogP contribution >= 0.6 is 0 Å². The molecule has 0 bridgehead atoms. The molecule has 9 heteroatoms. The highest BCUT2D eigenvalue weighted by Crippen LogP contribution is 2.20. The van der Waals surface area contributed by atoms with Crippen molar-refractivity contribution in [3.63, 3.8) is 0 Å². The number of nitrogens with zero attached hydrogens (tertiary/aromatic N) is 2. The lowest BCUT2D eigenvalue weighted by Gasteiger charge is -2.13. The average Bonchev–Trinajstić information content (AvgIpc) is 3.07. The van der Waals surface area contributed by atoms with Crippen LogP contribution in [0.25, 0.3) is 0 Å². The van der Waals surface area contributed by atoms with E-state index in [0.717, 1.165) is 11.3 Å². The van der Waals surface area contributed by atoms with Gasteiger partial charge < -0.3 is 19.7 Å². The number of rotatable bonds is 8. The van der Waals surface area contributed by atoms with E-state index in [4.69, 9.17) is 9.26 Å². The van der Waals surface area contributed by atoms with E-state index in [9.17, 15) is 20.0 Å². The molecule has 0 aliphatic rings. The van der Waals surface area contributed by atoms with Gasteiger partial charge in [0.1, 0.15) is 18.1 Å². The van der Waals surface area contributed by atoms with E-state index in [-0.39, 0.29) is 24.7 Å². The Hall–Kier alpha value is -3.72. The highest BCUT2D eigenvalue weighted by Gasteiger charge is 2.14. The quantitative estimate of drug-likeness (QED) is 0.430. The van der Waals surface area contributed by atoms with Gasteiger partial charge in [-0.25, -0.2) is 0 Å². The maximum Gasteiger partial charge on any atom is 0.269 e. The van der Waals surface area contributed by atoms with Crippen molar-refractivity contribution in [2.45, 2.75) is 26.6 Å². The summed E-state index contributed by atoms with van der Waals surface area (Å²) in [4.78, 5) is 22.6. The van der Waals surface area contributed by atoms with Gasteiger partial charge in [-0.2, -0.15) is 0 Å². The van der Waals surface area contributed by atoms with Gasteiger partial charge in [0.15, 0.2) is 0 Å². The largest absolute Gasteiger partial charge is 0.489 e. The number of ether oxygens (including phenoxy) is 1. The lowest BCUT2D eigenvalue weighted by atomic mass is 10.1. The van der Waals surface area contributed by atoms with Gasteiger partial charge in [-0.3, -0.25) is 14.9 Å². The van der Waals surface area contributed by atoms with Gasteiger partial charge in [-0.15, -0.1) is 0 Å². The van der Waals surface area contributed by atoms with E-state index < -0.39 is 11.0 Å². The molecule has 0 aliphatic heterocycles. The Balaban J connectivity index is 1.57. The number of amides is 1. The lowest BCUT2D eigenvalue weighted by molar-refractivity contribution is -0.384. The lowest BCUT2D eigenvalue weighted by Crippen LogP contribution is -2.28. The molecular weight excluding hydrogens is 390 g/mol. The van der Waals surface area contributed by atoms with Gasteiger partial charge in [0, 0.05) is 24.2 Å². The predicted octanol–water partition coefficient (Wildman–Crippen LogP) is 3.24. The molecule has 156 valence electrons. The molecule has 3 aromatic rings. The third kappa shape index (κ3) is 5.00. The number of aliphatic hydroxyl groups is 1. The second-order valence-corrected chi connectivity index (χ2v) is 6.69. The number of hydrogen-bond donors (Lipinski definition) is 2. The van der Waals surface area contributed by atoms with Gasteiger partial charge in [0.2, 0.25) is 0 Å². The van der Waals surface area contributed by atoms with Crippen molar-refractivity contribution < 1.29 is 24.1 Å². The second kappa shape index (κ2) is 9.19. The van der Waals surface area contributed by atoms with Gasteiger partial charge in [-0.05, 0) is 49.7 Å². The monoisotopic (exact) mass is 411 g/mol. The molecule has 3 rings (SSSR count). The molecule has 0 saturated heterocycles. The number of carbonyl (C=O) groups excluding carboxylic acids is 1.